The number of aryl methyl sites for hydroxylation is 2. The molecule has 1 amide bonds. The predicted molar refractivity (Wildman–Crippen MR) is 106 cm³/mol. The molecule has 2 N–H and O–H groups in total. The van der Waals surface area contributed by atoms with Crippen molar-refractivity contribution in [1.82, 2.24) is 19.7 Å². The standard InChI is InChI=1S/C19H27N7O2/c1-13-8-18(24(2)23-13)26-7-5-15(19(26)28)22-16-9-17(21-12-20-16)25-6-3-4-14(10-25)11-27/h8-9,12,14-15,27H,3-7,10-11H2,1-2H3,(H,20,21,22). The van der Waals surface area contributed by atoms with Gasteiger partial charge in [-0.25, -0.2) is 9.97 Å². The molecule has 0 spiro atoms. The molecule has 9 nitrogen and oxygen atoms in total. The largest absolute Gasteiger partial charge is 0.396 e. The van der Waals surface area contributed by atoms with Gasteiger partial charge in [0.1, 0.15) is 29.8 Å². The SMILES string of the molecule is Cc1cc(N2CCC(Nc3cc(N4CCCC(CO)C4)ncn3)C2=O)n(C)n1. The first-order chi connectivity index (χ1) is 13.5. The third-order valence-corrected chi connectivity index (χ3v) is 5.54. The fraction of sp³-hybridized carbons (Fsp3) is 0.579. The summed E-state index contributed by atoms with van der Waals surface area (Å²) in [6.07, 6.45) is 4.32. The molecule has 0 bridgehead atoms. The highest BCUT2D eigenvalue weighted by Gasteiger charge is 2.34. The average molecular weight is 385 g/mol. The second-order valence-electron chi connectivity index (χ2n) is 7.64. The summed E-state index contributed by atoms with van der Waals surface area (Å²) in [5.41, 5.74) is 0.893. The van der Waals surface area contributed by atoms with Gasteiger partial charge in [0.2, 0.25) is 0 Å². The van der Waals surface area contributed by atoms with E-state index >= 15 is 0 Å². The molecular formula is C19H27N7O2. The van der Waals surface area contributed by atoms with Crippen LogP contribution in [0.15, 0.2) is 18.5 Å². The highest BCUT2D eigenvalue weighted by molar-refractivity contribution is 6.00. The normalized spacial score (nSPS) is 22.8. The van der Waals surface area contributed by atoms with Gasteiger partial charge in [-0.2, -0.15) is 5.10 Å². The van der Waals surface area contributed by atoms with Crippen LogP contribution < -0.4 is 15.1 Å². The Labute approximate surface area is 164 Å². The van der Waals surface area contributed by atoms with Crippen LogP contribution in [0, 0.1) is 12.8 Å². The number of nitrogens with one attached hydrogen (secondary N) is 1. The molecule has 2 atom stereocenters. The molecule has 0 saturated carbocycles. The fourth-order valence-electron chi connectivity index (χ4n) is 4.09. The van der Waals surface area contributed by atoms with Gasteiger partial charge in [0.15, 0.2) is 0 Å². The maximum absolute atomic E-state index is 12.9. The van der Waals surface area contributed by atoms with Gasteiger partial charge in [-0.15, -0.1) is 0 Å². The minimum absolute atomic E-state index is 0.0291. The monoisotopic (exact) mass is 385 g/mol. The van der Waals surface area contributed by atoms with Gasteiger partial charge in [-0.3, -0.25) is 14.4 Å². The number of piperidine rings is 1. The van der Waals surface area contributed by atoms with E-state index in [9.17, 15) is 9.90 Å². The van der Waals surface area contributed by atoms with E-state index in [0.717, 1.165) is 43.3 Å². The first-order valence-electron chi connectivity index (χ1n) is 9.81. The van der Waals surface area contributed by atoms with Crippen LogP contribution in [-0.2, 0) is 11.8 Å². The number of aromatic nitrogens is 4. The molecule has 0 aliphatic carbocycles. The van der Waals surface area contributed by atoms with E-state index in [2.05, 4.69) is 25.3 Å². The topological polar surface area (TPSA) is 99.4 Å². The van der Waals surface area contributed by atoms with Crippen molar-refractivity contribution in [2.75, 3.05) is 41.4 Å². The summed E-state index contributed by atoms with van der Waals surface area (Å²) in [7, 11) is 1.85. The number of amides is 1. The lowest BCUT2D eigenvalue weighted by Crippen LogP contribution is -2.37. The number of carbonyl (C=O) groups is 1. The maximum atomic E-state index is 12.9. The highest BCUT2D eigenvalue weighted by Crippen LogP contribution is 2.26. The number of carbonyl (C=O) groups excluding carboxylic acids is 1. The molecule has 0 radical (unpaired) electrons. The van der Waals surface area contributed by atoms with E-state index in [1.54, 1.807) is 9.58 Å². The summed E-state index contributed by atoms with van der Waals surface area (Å²) in [5.74, 6) is 2.62. The minimum atomic E-state index is -0.315. The molecule has 2 unspecified atom stereocenters. The Hall–Kier alpha value is -2.68. The van der Waals surface area contributed by atoms with Gasteiger partial charge in [0.25, 0.3) is 5.91 Å². The Morgan fingerprint density at radius 2 is 2.11 bits per heavy atom. The molecule has 2 aromatic heterocycles. The maximum Gasteiger partial charge on any atom is 0.250 e. The zero-order valence-electron chi connectivity index (χ0n) is 16.4. The van der Waals surface area contributed by atoms with Crippen molar-refractivity contribution in [3.05, 3.63) is 24.2 Å². The van der Waals surface area contributed by atoms with Crippen molar-refractivity contribution in [1.29, 1.82) is 0 Å². The van der Waals surface area contributed by atoms with Gasteiger partial charge in [-0.1, -0.05) is 0 Å². The molecule has 2 aromatic rings. The van der Waals surface area contributed by atoms with Gasteiger partial charge < -0.3 is 15.3 Å². The van der Waals surface area contributed by atoms with Gasteiger partial charge in [0.05, 0.1) is 5.69 Å². The summed E-state index contributed by atoms with van der Waals surface area (Å²) in [6, 6.07) is 3.51. The quantitative estimate of drug-likeness (QED) is 0.790. The van der Waals surface area contributed by atoms with Crippen LogP contribution in [0.3, 0.4) is 0 Å². The van der Waals surface area contributed by atoms with Crippen LogP contribution in [0.4, 0.5) is 17.5 Å². The van der Waals surface area contributed by atoms with Crippen molar-refractivity contribution in [3.63, 3.8) is 0 Å². The second-order valence-corrected chi connectivity index (χ2v) is 7.64. The van der Waals surface area contributed by atoms with Gasteiger partial charge in [0, 0.05) is 45.4 Å². The fourth-order valence-corrected chi connectivity index (χ4v) is 4.09. The first kappa shape index (κ1) is 18.7. The van der Waals surface area contributed by atoms with E-state index in [1.165, 1.54) is 6.33 Å². The number of anilines is 3. The predicted octanol–water partition coefficient (Wildman–Crippen LogP) is 0.945. The molecule has 2 fully saturated rings. The summed E-state index contributed by atoms with van der Waals surface area (Å²) in [6.45, 7) is 4.49. The Morgan fingerprint density at radius 3 is 2.86 bits per heavy atom. The molecular weight excluding hydrogens is 358 g/mol. The number of hydrogen-bond acceptors (Lipinski definition) is 7. The van der Waals surface area contributed by atoms with E-state index < -0.39 is 0 Å². The summed E-state index contributed by atoms with van der Waals surface area (Å²) in [5, 5.41) is 17.1. The van der Waals surface area contributed by atoms with Crippen LogP contribution in [0.25, 0.3) is 0 Å². The lowest BCUT2D eigenvalue weighted by Gasteiger charge is -2.32. The Kier molecular flexibility index (Phi) is 5.17. The Morgan fingerprint density at radius 1 is 1.25 bits per heavy atom. The molecule has 9 heteroatoms. The molecule has 150 valence electrons. The molecule has 4 rings (SSSR count). The van der Waals surface area contributed by atoms with Crippen molar-refractivity contribution >= 4 is 23.4 Å². The van der Waals surface area contributed by atoms with Crippen molar-refractivity contribution < 1.29 is 9.90 Å². The Bertz CT molecular complexity index is 853. The zero-order chi connectivity index (χ0) is 19.7. The Balaban J connectivity index is 1.45. The van der Waals surface area contributed by atoms with Crippen molar-refractivity contribution in [3.8, 4) is 0 Å². The number of hydrogen-bond donors (Lipinski definition) is 2. The van der Waals surface area contributed by atoms with Gasteiger partial charge in [-0.05, 0) is 32.1 Å². The van der Waals surface area contributed by atoms with E-state index in [1.807, 2.05) is 26.1 Å². The molecule has 2 aliphatic rings. The number of nitrogens with zero attached hydrogens (tertiary/aromatic N) is 6. The molecule has 2 aliphatic heterocycles. The number of aliphatic hydroxyl groups is 1. The van der Waals surface area contributed by atoms with Crippen LogP contribution >= 0.6 is 0 Å². The average Bonchev–Trinajstić information content (AvgIpc) is 3.23. The van der Waals surface area contributed by atoms with Crippen molar-refractivity contribution in [2.45, 2.75) is 32.2 Å². The third-order valence-electron chi connectivity index (χ3n) is 5.54. The van der Waals surface area contributed by atoms with Crippen LogP contribution in [0.1, 0.15) is 25.0 Å². The second kappa shape index (κ2) is 7.75. The summed E-state index contributed by atoms with van der Waals surface area (Å²) in [4.78, 5) is 25.5. The lowest BCUT2D eigenvalue weighted by molar-refractivity contribution is -0.117. The first-order valence-corrected chi connectivity index (χ1v) is 9.81. The van der Waals surface area contributed by atoms with Crippen molar-refractivity contribution in [2.24, 2.45) is 13.0 Å². The smallest absolute Gasteiger partial charge is 0.250 e. The molecule has 0 aromatic carbocycles. The van der Waals surface area contributed by atoms with Crippen LogP contribution in [0.2, 0.25) is 0 Å². The van der Waals surface area contributed by atoms with E-state index in [4.69, 9.17) is 0 Å². The highest BCUT2D eigenvalue weighted by atomic mass is 16.3. The number of aliphatic hydroxyl groups excluding tert-OH is 1. The van der Waals surface area contributed by atoms with Gasteiger partial charge >= 0.3 is 0 Å². The molecule has 2 saturated heterocycles. The molecule has 4 heterocycles. The number of rotatable bonds is 5. The van der Waals surface area contributed by atoms with Crippen LogP contribution in [-0.4, -0.2) is 63.0 Å². The third kappa shape index (κ3) is 3.66. The summed E-state index contributed by atoms with van der Waals surface area (Å²) < 4.78 is 1.74. The molecule has 28 heavy (non-hydrogen) atoms. The summed E-state index contributed by atoms with van der Waals surface area (Å²) >= 11 is 0. The van der Waals surface area contributed by atoms with E-state index in [-0.39, 0.29) is 24.5 Å². The van der Waals surface area contributed by atoms with E-state index in [0.29, 0.717) is 18.8 Å². The minimum Gasteiger partial charge on any atom is -0.396 e. The van der Waals surface area contributed by atoms with Crippen LogP contribution in [0.5, 0.6) is 0 Å². The zero-order valence-corrected chi connectivity index (χ0v) is 16.4. The lowest BCUT2D eigenvalue weighted by atomic mass is 9.99.